The van der Waals surface area contributed by atoms with Crippen molar-refractivity contribution in [3.8, 4) is 0 Å². The van der Waals surface area contributed by atoms with Gasteiger partial charge >= 0.3 is 0 Å². The third-order valence-electron chi connectivity index (χ3n) is 3.44. The molecule has 0 radical (unpaired) electrons. The summed E-state index contributed by atoms with van der Waals surface area (Å²) in [6, 6.07) is 13.0. The van der Waals surface area contributed by atoms with Crippen LogP contribution in [-0.2, 0) is 0 Å². The lowest BCUT2D eigenvalue weighted by Crippen LogP contribution is -2.22. The zero-order valence-electron chi connectivity index (χ0n) is 11.9. The van der Waals surface area contributed by atoms with Crippen LogP contribution in [-0.4, -0.2) is 6.54 Å². The zero-order valence-corrected chi connectivity index (χ0v) is 12.7. The predicted octanol–water partition coefficient (Wildman–Crippen LogP) is 5.19. The molecule has 0 aromatic heterocycles. The van der Waals surface area contributed by atoms with E-state index in [1.54, 1.807) is 0 Å². The van der Waals surface area contributed by atoms with E-state index >= 15 is 0 Å². The van der Waals surface area contributed by atoms with Gasteiger partial charge in [0.15, 0.2) is 0 Å². The zero-order chi connectivity index (χ0) is 13.8. The summed E-state index contributed by atoms with van der Waals surface area (Å²) in [7, 11) is 0. The SMILES string of the molecule is CCNC(CC(C)C)c1ccc(Cl)c2ccccc12. The van der Waals surface area contributed by atoms with Crippen molar-refractivity contribution in [1.82, 2.24) is 5.32 Å². The lowest BCUT2D eigenvalue weighted by molar-refractivity contribution is 0.440. The van der Waals surface area contributed by atoms with E-state index in [2.05, 4.69) is 50.4 Å². The molecule has 1 atom stereocenters. The van der Waals surface area contributed by atoms with Crippen LogP contribution in [0, 0.1) is 5.92 Å². The molecule has 1 N–H and O–H groups in total. The third kappa shape index (κ3) is 3.29. The fourth-order valence-electron chi connectivity index (χ4n) is 2.63. The van der Waals surface area contributed by atoms with Gasteiger partial charge in [0, 0.05) is 16.5 Å². The number of benzene rings is 2. The number of halogens is 1. The average Bonchev–Trinajstić information content (AvgIpc) is 2.39. The van der Waals surface area contributed by atoms with Gasteiger partial charge in [-0.3, -0.25) is 0 Å². The standard InChI is InChI=1S/C17H22ClN/c1-4-19-17(11-12(2)3)15-9-10-16(18)14-8-6-5-7-13(14)15/h5-10,12,17,19H,4,11H2,1-3H3. The smallest absolute Gasteiger partial charge is 0.0484 e. The van der Waals surface area contributed by atoms with E-state index < -0.39 is 0 Å². The van der Waals surface area contributed by atoms with Crippen molar-refractivity contribution in [2.75, 3.05) is 6.54 Å². The highest BCUT2D eigenvalue weighted by atomic mass is 35.5. The molecule has 19 heavy (non-hydrogen) atoms. The maximum atomic E-state index is 6.30. The Kier molecular flexibility index (Phi) is 4.84. The molecule has 0 aliphatic carbocycles. The molecule has 0 spiro atoms. The van der Waals surface area contributed by atoms with Gasteiger partial charge in [0.1, 0.15) is 0 Å². The summed E-state index contributed by atoms with van der Waals surface area (Å²) in [5.41, 5.74) is 1.36. The van der Waals surface area contributed by atoms with E-state index in [0.717, 1.165) is 23.4 Å². The van der Waals surface area contributed by atoms with Crippen LogP contribution in [0.25, 0.3) is 10.8 Å². The van der Waals surface area contributed by atoms with Crippen molar-refractivity contribution in [2.45, 2.75) is 33.2 Å². The quantitative estimate of drug-likeness (QED) is 0.792. The molecule has 0 amide bonds. The largest absolute Gasteiger partial charge is 0.310 e. The average molecular weight is 276 g/mol. The van der Waals surface area contributed by atoms with Crippen LogP contribution in [0.15, 0.2) is 36.4 Å². The minimum absolute atomic E-state index is 0.396. The van der Waals surface area contributed by atoms with Crippen LogP contribution in [0.2, 0.25) is 5.02 Å². The Balaban J connectivity index is 2.50. The van der Waals surface area contributed by atoms with Crippen LogP contribution < -0.4 is 5.32 Å². The van der Waals surface area contributed by atoms with E-state index in [-0.39, 0.29) is 0 Å². The Labute approximate surface area is 121 Å². The molecule has 1 nitrogen and oxygen atoms in total. The van der Waals surface area contributed by atoms with E-state index in [9.17, 15) is 0 Å². The highest BCUT2D eigenvalue weighted by Crippen LogP contribution is 2.32. The summed E-state index contributed by atoms with van der Waals surface area (Å²) in [6.07, 6.45) is 1.14. The van der Waals surface area contributed by atoms with Gasteiger partial charge in [-0.05, 0) is 35.9 Å². The molecule has 2 heteroatoms. The Bertz CT molecular complexity index is 548. The molecule has 0 heterocycles. The van der Waals surface area contributed by atoms with E-state index in [4.69, 9.17) is 11.6 Å². The van der Waals surface area contributed by atoms with Gasteiger partial charge in [-0.1, -0.05) is 62.7 Å². The first-order valence-electron chi connectivity index (χ1n) is 7.04. The summed E-state index contributed by atoms with van der Waals surface area (Å²) in [5, 5.41) is 6.84. The van der Waals surface area contributed by atoms with E-state index in [1.165, 1.54) is 10.9 Å². The van der Waals surface area contributed by atoms with Gasteiger partial charge in [0.2, 0.25) is 0 Å². The summed E-state index contributed by atoms with van der Waals surface area (Å²) < 4.78 is 0. The molecule has 2 aromatic carbocycles. The van der Waals surface area contributed by atoms with Crippen molar-refractivity contribution in [3.05, 3.63) is 47.0 Å². The number of nitrogens with one attached hydrogen (secondary N) is 1. The van der Waals surface area contributed by atoms with Crippen LogP contribution in [0.5, 0.6) is 0 Å². The third-order valence-corrected chi connectivity index (χ3v) is 3.77. The lowest BCUT2D eigenvalue weighted by Gasteiger charge is -2.22. The van der Waals surface area contributed by atoms with Crippen molar-refractivity contribution in [3.63, 3.8) is 0 Å². The van der Waals surface area contributed by atoms with Crippen LogP contribution in [0.3, 0.4) is 0 Å². The van der Waals surface area contributed by atoms with Crippen molar-refractivity contribution < 1.29 is 0 Å². The van der Waals surface area contributed by atoms with E-state index in [1.807, 2.05) is 12.1 Å². The number of fused-ring (bicyclic) bond motifs is 1. The minimum atomic E-state index is 0.396. The highest BCUT2D eigenvalue weighted by molar-refractivity contribution is 6.35. The van der Waals surface area contributed by atoms with Gasteiger partial charge in [-0.2, -0.15) is 0 Å². The summed E-state index contributed by atoms with van der Waals surface area (Å²) in [6.45, 7) is 7.67. The molecule has 102 valence electrons. The van der Waals surface area contributed by atoms with Gasteiger partial charge in [-0.25, -0.2) is 0 Å². The predicted molar refractivity (Wildman–Crippen MR) is 84.8 cm³/mol. The topological polar surface area (TPSA) is 12.0 Å². The molecular formula is C17H22ClN. The molecule has 2 rings (SSSR count). The minimum Gasteiger partial charge on any atom is -0.310 e. The van der Waals surface area contributed by atoms with Crippen molar-refractivity contribution in [2.24, 2.45) is 5.92 Å². The monoisotopic (exact) mass is 275 g/mol. The number of hydrogen-bond donors (Lipinski definition) is 1. The lowest BCUT2D eigenvalue weighted by atomic mass is 9.93. The van der Waals surface area contributed by atoms with Crippen molar-refractivity contribution >= 4 is 22.4 Å². The Hall–Kier alpha value is -1.05. The van der Waals surface area contributed by atoms with E-state index in [0.29, 0.717) is 12.0 Å². The summed E-state index contributed by atoms with van der Waals surface area (Å²) in [4.78, 5) is 0. The molecule has 0 bridgehead atoms. The molecule has 2 aromatic rings. The Morgan fingerprint density at radius 1 is 1.05 bits per heavy atom. The van der Waals surface area contributed by atoms with Gasteiger partial charge < -0.3 is 5.32 Å². The number of rotatable bonds is 5. The molecule has 0 fully saturated rings. The summed E-state index contributed by atoms with van der Waals surface area (Å²) in [5.74, 6) is 0.665. The van der Waals surface area contributed by atoms with Gasteiger partial charge in [-0.15, -0.1) is 0 Å². The van der Waals surface area contributed by atoms with Crippen LogP contribution >= 0.6 is 11.6 Å². The van der Waals surface area contributed by atoms with Gasteiger partial charge in [0.25, 0.3) is 0 Å². The van der Waals surface area contributed by atoms with Crippen LogP contribution in [0.1, 0.15) is 38.8 Å². The number of hydrogen-bond acceptors (Lipinski definition) is 1. The normalized spacial score (nSPS) is 13.1. The molecular weight excluding hydrogens is 254 g/mol. The second-order valence-electron chi connectivity index (χ2n) is 5.42. The van der Waals surface area contributed by atoms with Gasteiger partial charge in [0.05, 0.1) is 0 Å². The first-order chi connectivity index (χ1) is 9.13. The fourth-order valence-corrected chi connectivity index (χ4v) is 2.86. The van der Waals surface area contributed by atoms with Crippen molar-refractivity contribution in [1.29, 1.82) is 0 Å². The van der Waals surface area contributed by atoms with Crippen LogP contribution in [0.4, 0.5) is 0 Å². The Morgan fingerprint density at radius 3 is 2.37 bits per heavy atom. The first-order valence-corrected chi connectivity index (χ1v) is 7.41. The second kappa shape index (κ2) is 6.40. The Morgan fingerprint density at radius 2 is 1.74 bits per heavy atom. The fraction of sp³-hybridized carbons (Fsp3) is 0.412. The molecule has 0 saturated heterocycles. The first kappa shape index (κ1) is 14.4. The molecule has 0 saturated carbocycles. The second-order valence-corrected chi connectivity index (χ2v) is 5.83. The maximum absolute atomic E-state index is 6.30. The molecule has 1 unspecified atom stereocenters. The maximum Gasteiger partial charge on any atom is 0.0484 e. The molecule has 0 aliphatic heterocycles. The highest BCUT2D eigenvalue weighted by Gasteiger charge is 2.15. The molecule has 0 aliphatic rings. The summed E-state index contributed by atoms with van der Waals surface area (Å²) >= 11 is 6.30.